The lowest BCUT2D eigenvalue weighted by molar-refractivity contribution is -0.117. The van der Waals surface area contributed by atoms with Crippen molar-refractivity contribution >= 4 is 12.0 Å². The van der Waals surface area contributed by atoms with Gasteiger partial charge in [-0.3, -0.25) is 4.79 Å². The smallest absolute Gasteiger partial charge is 0.244 e. The minimum atomic E-state index is 0.0263. The van der Waals surface area contributed by atoms with Crippen LogP contribution < -0.4 is 10.1 Å². The Morgan fingerprint density at radius 2 is 2.05 bits per heavy atom. The number of rotatable bonds is 4. The highest BCUT2D eigenvalue weighted by atomic mass is 16.5. The topological polar surface area (TPSA) is 38.3 Å². The van der Waals surface area contributed by atoms with Gasteiger partial charge in [0, 0.05) is 12.1 Å². The average Bonchev–Trinajstić information content (AvgIpc) is 3.08. The summed E-state index contributed by atoms with van der Waals surface area (Å²) in [5, 5.41) is 3.15. The van der Waals surface area contributed by atoms with Crippen molar-refractivity contribution in [2.45, 2.75) is 31.7 Å². The number of fused-ring (bicyclic) bond motifs is 2. The molecule has 1 N–H and O–H groups in total. The molecule has 0 aliphatic heterocycles. The molecule has 2 aliphatic carbocycles. The number of hydrogen-bond donors (Lipinski definition) is 1. The summed E-state index contributed by atoms with van der Waals surface area (Å²) in [4.78, 5) is 11.9. The van der Waals surface area contributed by atoms with E-state index in [4.69, 9.17) is 4.74 Å². The van der Waals surface area contributed by atoms with Crippen molar-refractivity contribution in [3.8, 4) is 5.75 Å². The predicted octanol–water partition coefficient (Wildman–Crippen LogP) is 3.01. The molecule has 0 unspecified atom stereocenters. The number of benzene rings is 1. The van der Waals surface area contributed by atoms with Gasteiger partial charge in [-0.25, -0.2) is 0 Å². The Kier molecular flexibility index (Phi) is 3.77. The quantitative estimate of drug-likeness (QED) is 0.855. The highest BCUT2D eigenvalue weighted by Crippen LogP contribution is 2.44. The van der Waals surface area contributed by atoms with Gasteiger partial charge >= 0.3 is 0 Å². The van der Waals surface area contributed by atoms with Gasteiger partial charge in [0.05, 0.1) is 7.11 Å². The number of nitrogens with one attached hydrogen (secondary N) is 1. The van der Waals surface area contributed by atoms with Crippen molar-refractivity contribution in [3.05, 3.63) is 35.9 Å². The Hall–Kier alpha value is -1.77. The Morgan fingerprint density at radius 1 is 1.25 bits per heavy atom. The summed E-state index contributed by atoms with van der Waals surface area (Å²) in [5.74, 6) is 2.43. The zero-order chi connectivity index (χ0) is 13.9. The second-order valence-corrected chi connectivity index (χ2v) is 5.90. The van der Waals surface area contributed by atoms with Crippen molar-refractivity contribution < 1.29 is 9.53 Å². The van der Waals surface area contributed by atoms with E-state index in [1.54, 1.807) is 13.2 Å². The molecule has 3 nitrogen and oxygen atoms in total. The number of amides is 1. The molecule has 2 aliphatic rings. The predicted molar refractivity (Wildman–Crippen MR) is 79.4 cm³/mol. The molecule has 2 saturated carbocycles. The van der Waals surface area contributed by atoms with Crippen molar-refractivity contribution in [2.75, 3.05) is 7.11 Å². The summed E-state index contributed by atoms with van der Waals surface area (Å²) < 4.78 is 5.11. The average molecular weight is 271 g/mol. The molecular weight excluding hydrogens is 250 g/mol. The Balaban J connectivity index is 1.54. The minimum absolute atomic E-state index is 0.0263. The van der Waals surface area contributed by atoms with Gasteiger partial charge in [-0.05, 0) is 54.9 Å². The van der Waals surface area contributed by atoms with E-state index in [0.717, 1.165) is 23.1 Å². The van der Waals surface area contributed by atoms with Crippen LogP contribution in [0.1, 0.15) is 31.2 Å². The van der Waals surface area contributed by atoms with Gasteiger partial charge in [0.25, 0.3) is 0 Å². The van der Waals surface area contributed by atoms with E-state index in [0.29, 0.717) is 6.04 Å². The molecule has 3 heteroatoms. The van der Waals surface area contributed by atoms with E-state index in [2.05, 4.69) is 5.32 Å². The van der Waals surface area contributed by atoms with Gasteiger partial charge in [-0.1, -0.05) is 18.6 Å². The van der Waals surface area contributed by atoms with Crippen LogP contribution in [0.4, 0.5) is 0 Å². The van der Waals surface area contributed by atoms with Crippen molar-refractivity contribution in [2.24, 2.45) is 11.8 Å². The maximum atomic E-state index is 11.9. The van der Waals surface area contributed by atoms with E-state index in [1.165, 1.54) is 25.7 Å². The van der Waals surface area contributed by atoms with E-state index < -0.39 is 0 Å². The number of hydrogen-bond acceptors (Lipinski definition) is 2. The fraction of sp³-hybridized carbons (Fsp3) is 0.471. The lowest BCUT2D eigenvalue weighted by atomic mass is 9.95. The first-order valence-corrected chi connectivity index (χ1v) is 7.37. The molecule has 20 heavy (non-hydrogen) atoms. The highest BCUT2D eigenvalue weighted by Gasteiger charge is 2.39. The van der Waals surface area contributed by atoms with E-state index in [1.807, 2.05) is 30.3 Å². The van der Waals surface area contributed by atoms with Crippen molar-refractivity contribution in [3.63, 3.8) is 0 Å². The summed E-state index contributed by atoms with van der Waals surface area (Å²) in [6, 6.07) is 8.09. The van der Waals surface area contributed by atoms with Crippen LogP contribution in [0.3, 0.4) is 0 Å². The van der Waals surface area contributed by atoms with E-state index in [9.17, 15) is 4.79 Å². The van der Waals surface area contributed by atoms with Gasteiger partial charge in [-0.15, -0.1) is 0 Å². The molecule has 1 amide bonds. The number of carbonyl (C=O) groups is 1. The summed E-state index contributed by atoms with van der Waals surface area (Å²) in [6.07, 6.45) is 8.62. The van der Waals surface area contributed by atoms with E-state index >= 15 is 0 Å². The second kappa shape index (κ2) is 5.70. The largest absolute Gasteiger partial charge is 0.497 e. The lowest BCUT2D eigenvalue weighted by Crippen LogP contribution is -2.37. The maximum Gasteiger partial charge on any atom is 0.244 e. The summed E-state index contributed by atoms with van der Waals surface area (Å²) in [5.41, 5.74) is 1.01. The monoisotopic (exact) mass is 271 g/mol. The molecule has 106 valence electrons. The zero-order valence-electron chi connectivity index (χ0n) is 11.8. The van der Waals surface area contributed by atoms with Crippen LogP contribution in [0, 0.1) is 11.8 Å². The minimum Gasteiger partial charge on any atom is -0.497 e. The highest BCUT2D eigenvalue weighted by molar-refractivity contribution is 5.91. The first-order chi connectivity index (χ1) is 9.74. The van der Waals surface area contributed by atoms with Crippen LogP contribution in [0.2, 0.25) is 0 Å². The summed E-state index contributed by atoms with van der Waals surface area (Å²) >= 11 is 0. The van der Waals surface area contributed by atoms with Crippen LogP contribution in [-0.4, -0.2) is 19.1 Å². The molecule has 2 fully saturated rings. The van der Waals surface area contributed by atoms with Crippen molar-refractivity contribution in [1.82, 2.24) is 5.32 Å². The van der Waals surface area contributed by atoms with Crippen LogP contribution in [-0.2, 0) is 4.79 Å². The van der Waals surface area contributed by atoms with Crippen LogP contribution in [0.15, 0.2) is 30.3 Å². The first-order valence-electron chi connectivity index (χ1n) is 7.37. The molecule has 0 radical (unpaired) electrons. The molecule has 0 saturated heterocycles. The number of carbonyl (C=O) groups excluding carboxylic acids is 1. The summed E-state index contributed by atoms with van der Waals surface area (Å²) in [6.45, 7) is 0. The van der Waals surface area contributed by atoms with E-state index in [-0.39, 0.29) is 5.91 Å². The lowest BCUT2D eigenvalue weighted by Gasteiger charge is -2.22. The Bertz CT molecular complexity index is 506. The van der Waals surface area contributed by atoms with Gasteiger partial charge in [0.15, 0.2) is 0 Å². The molecule has 0 spiro atoms. The zero-order valence-corrected chi connectivity index (χ0v) is 11.8. The standard InChI is InChI=1S/C17H21NO2/c1-20-15-7-3-12(4-8-15)5-9-17(19)18-16-11-13-2-6-14(16)10-13/h3-5,7-9,13-14,16H,2,6,10-11H2,1H3,(H,18,19)/b9-5+/t13-,14-,16+/m0/s1. The third kappa shape index (κ3) is 2.87. The molecule has 3 atom stereocenters. The number of ether oxygens (including phenoxy) is 1. The van der Waals surface area contributed by atoms with Gasteiger partial charge < -0.3 is 10.1 Å². The fourth-order valence-electron chi connectivity index (χ4n) is 3.54. The van der Waals surface area contributed by atoms with Gasteiger partial charge in [0.2, 0.25) is 5.91 Å². The normalized spacial score (nSPS) is 27.9. The van der Waals surface area contributed by atoms with Crippen LogP contribution in [0.25, 0.3) is 6.08 Å². The Morgan fingerprint density at radius 3 is 2.65 bits per heavy atom. The van der Waals surface area contributed by atoms with Crippen LogP contribution in [0.5, 0.6) is 5.75 Å². The molecule has 2 bridgehead atoms. The van der Waals surface area contributed by atoms with Crippen molar-refractivity contribution in [1.29, 1.82) is 0 Å². The van der Waals surface area contributed by atoms with Gasteiger partial charge in [0.1, 0.15) is 5.75 Å². The molecular formula is C17H21NO2. The number of methoxy groups -OCH3 is 1. The maximum absolute atomic E-state index is 11.9. The fourth-order valence-corrected chi connectivity index (χ4v) is 3.54. The molecule has 0 heterocycles. The second-order valence-electron chi connectivity index (χ2n) is 5.90. The molecule has 1 aromatic carbocycles. The molecule has 1 aromatic rings. The Labute approximate surface area is 120 Å². The SMILES string of the molecule is COc1ccc(/C=C/C(=O)N[C@@H]2C[C@H]3CC[C@H]2C3)cc1. The third-order valence-electron chi connectivity index (χ3n) is 4.61. The third-order valence-corrected chi connectivity index (χ3v) is 4.61. The molecule has 3 rings (SSSR count). The molecule has 0 aromatic heterocycles. The van der Waals surface area contributed by atoms with Crippen LogP contribution >= 0.6 is 0 Å². The first kappa shape index (κ1) is 13.2. The van der Waals surface area contributed by atoms with Gasteiger partial charge in [-0.2, -0.15) is 0 Å². The summed E-state index contributed by atoms with van der Waals surface area (Å²) in [7, 11) is 1.65.